The Labute approximate surface area is 314 Å². The van der Waals surface area contributed by atoms with Gasteiger partial charge in [-0.05, 0) is 102 Å². The van der Waals surface area contributed by atoms with Gasteiger partial charge in [0.25, 0.3) is 0 Å². The summed E-state index contributed by atoms with van der Waals surface area (Å²) in [6.45, 7) is 11.8. The van der Waals surface area contributed by atoms with E-state index in [2.05, 4.69) is 202 Å². The van der Waals surface area contributed by atoms with E-state index in [1.165, 1.54) is 93.9 Å². The van der Waals surface area contributed by atoms with Crippen LogP contribution in [0.4, 0.5) is 17.1 Å². The quantitative estimate of drug-likeness (QED) is 0.162. The molecule has 53 heavy (non-hydrogen) atoms. The molecule has 1 nitrogen and oxygen atoms in total. The number of hydrogen-bond donors (Lipinski definition) is 0. The normalized spacial score (nSPS) is 13.7. The lowest BCUT2D eigenvalue weighted by Gasteiger charge is -2.33. The van der Waals surface area contributed by atoms with E-state index < -0.39 is 13.5 Å². The molecule has 2 aliphatic rings. The van der Waals surface area contributed by atoms with Gasteiger partial charge in [0.1, 0.15) is 0 Å². The molecule has 256 valence electrons. The molecule has 0 N–H and O–H groups in total. The standard InChI is InChI=1S/C51H43NSi/c1-33(2)34-22-25-36(26-23-34)52(37-27-29-38(30-28-37)53(3,4)5)48-32-47-50(43-19-9-8-18-42(43)48)49-39-15-7-6-14-35(39)24-31-46(49)51(47)44-20-12-10-16-40(44)41-17-11-13-21-45(41)51/h6-33H,1-5H3. The Morgan fingerprint density at radius 3 is 1.62 bits per heavy atom. The molecular formula is C51H43NSi. The van der Waals surface area contributed by atoms with Gasteiger partial charge in [0.05, 0.1) is 19.2 Å². The second-order valence-corrected chi connectivity index (χ2v) is 21.4. The molecule has 0 saturated carbocycles. The first-order valence-corrected chi connectivity index (χ1v) is 22.6. The number of benzene rings is 8. The lowest BCUT2D eigenvalue weighted by atomic mass is 9.70. The molecule has 0 heterocycles. The number of hydrogen-bond acceptors (Lipinski definition) is 1. The Morgan fingerprint density at radius 1 is 0.472 bits per heavy atom. The van der Waals surface area contributed by atoms with Crippen molar-refractivity contribution in [3.8, 4) is 22.3 Å². The molecule has 8 aromatic carbocycles. The van der Waals surface area contributed by atoms with E-state index in [9.17, 15) is 0 Å². The zero-order valence-electron chi connectivity index (χ0n) is 31.1. The summed E-state index contributed by atoms with van der Waals surface area (Å²) in [5.74, 6) is 0.463. The number of rotatable bonds is 5. The van der Waals surface area contributed by atoms with Gasteiger partial charge in [-0.3, -0.25) is 0 Å². The lowest BCUT2D eigenvalue weighted by Crippen LogP contribution is -2.37. The average Bonchev–Trinajstić information content (AvgIpc) is 3.66. The van der Waals surface area contributed by atoms with Crippen LogP contribution in [-0.2, 0) is 5.41 Å². The van der Waals surface area contributed by atoms with Crippen molar-refractivity contribution in [3.05, 3.63) is 192 Å². The molecule has 10 rings (SSSR count). The van der Waals surface area contributed by atoms with Crippen molar-refractivity contribution in [1.82, 2.24) is 0 Å². The highest BCUT2D eigenvalue weighted by molar-refractivity contribution is 6.88. The molecule has 0 atom stereocenters. The SMILES string of the molecule is CC(C)c1ccc(N(c2ccc([Si](C)(C)C)cc2)c2cc3c(c4ccccc24)-c2c(ccc4ccccc24)C32c3ccccc3-c3ccccc32)cc1. The monoisotopic (exact) mass is 697 g/mol. The third-order valence-corrected chi connectivity index (χ3v) is 14.1. The predicted molar refractivity (Wildman–Crippen MR) is 230 cm³/mol. The van der Waals surface area contributed by atoms with Gasteiger partial charge in [-0.1, -0.05) is 172 Å². The number of nitrogens with zero attached hydrogens (tertiary/aromatic N) is 1. The zero-order valence-corrected chi connectivity index (χ0v) is 32.1. The maximum atomic E-state index is 2.56. The summed E-state index contributed by atoms with van der Waals surface area (Å²) in [5.41, 5.74) is 15.3. The first-order chi connectivity index (χ1) is 25.8. The van der Waals surface area contributed by atoms with Gasteiger partial charge >= 0.3 is 0 Å². The topological polar surface area (TPSA) is 3.24 Å². The molecule has 0 fully saturated rings. The van der Waals surface area contributed by atoms with Crippen molar-refractivity contribution >= 4 is 51.9 Å². The Morgan fingerprint density at radius 2 is 1.00 bits per heavy atom. The van der Waals surface area contributed by atoms with Crippen LogP contribution in [0.3, 0.4) is 0 Å². The molecule has 0 bridgehead atoms. The van der Waals surface area contributed by atoms with Crippen LogP contribution in [0, 0.1) is 0 Å². The smallest absolute Gasteiger partial charge is 0.0775 e. The largest absolute Gasteiger partial charge is 0.310 e. The van der Waals surface area contributed by atoms with Crippen molar-refractivity contribution < 1.29 is 0 Å². The van der Waals surface area contributed by atoms with Crippen molar-refractivity contribution in [3.63, 3.8) is 0 Å². The summed E-state index contributed by atoms with van der Waals surface area (Å²) in [6, 6.07) is 62.4. The summed E-state index contributed by atoms with van der Waals surface area (Å²) < 4.78 is 0. The van der Waals surface area contributed by atoms with E-state index in [1.807, 2.05) is 0 Å². The van der Waals surface area contributed by atoms with Crippen LogP contribution in [-0.4, -0.2) is 8.07 Å². The van der Waals surface area contributed by atoms with Gasteiger partial charge in [0.15, 0.2) is 0 Å². The predicted octanol–water partition coefficient (Wildman–Crippen LogP) is 13.5. The second-order valence-electron chi connectivity index (χ2n) is 16.3. The molecule has 1 spiro atoms. The molecule has 0 amide bonds. The summed E-state index contributed by atoms with van der Waals surface area (Å²) in [4.78, 5) is 2.52. The highest BCUT2D eigenvalue weighted by atomic mass is 28.3. The summed E-state index contributed by atoms with van der Waals surface area (Å²) in [5, 5.41) is 6.60. The van der Waals surface area contributed by atoms with Crippen molar-refractivity contribution in [1.29, 1.82) is 0 Å². The van der Waals surface area contributed by atoms with Crippen LogP contribution in [0.5, 0.6) is 0 Å². The third-order valence-electron chi connectivity index (χ3n) is 12.0. The third kappa shape index (κ3) is 4.55. The fourth-order valence-corrected chi connectivity index (χ4v) is 10.6. The lowest BCUT2D eigenvalue weighted by molar-refractivity contribution is 0.795. The molecule has 0 unspecified atom stereocenters. The van der Waals surface area contributed by atoms with Crippen LogP contribution < -0.4 is 10.1 Å². The van der Waals surface area contributed by atoms with Crippen LogP contribution in [0.15, 0.2) is 164 Å². The Bertz CT molecular complexity index is 2680. The van der Waals surface area contributed by atoms with E-state index in [0.29, 0.717) is 5.92 Å². The Hall–Kier alpha value is -5.70. The van der Waals surface area contributed by atoms with Gasteiger partial charge in [0, 0.05) is 16.8 Å². The maximum Gasteiger partial charge on any atom is 0.0775 e. The van der Waals surface area contributed by atoms with Crippen molar-refractivity contribution in [2.45, 2.75) is 44.8 Å². The Kier molecular flexibility index (Phi) is 7.03. The highest BCUT2D eigenvalue weighted by Gasteiger charge is 2.52. The maximum absolute atomic E-state index is 2.56. The zero-order chi connectivity index (χ0) is 36.1. The van der Waals surface area contributed by atoms with Crippen LogP contribution in [0.1, 0.15) is 47.6 Å². The summed E-state index contributed by atoms with van der Waals surface area (Å²) in [7, 11) is -1.49. The Balaban J connectivity index is 1.36. The van der Waals surface area contributed by atoms with E-state index in [-0.39, 0.29) is 0 Å². The molecule has 0 saturated heterocycles. The molecule has 2 aliphatic carbocycles. The van der Waals surface area contributed by atoms with E-state index in [4.69, 9.17) is 0 Å². The first kappa shape index (κ1) is 32.0. The molecule has 0 radical (unpaired) electrons. The van der Waals surface area contributed by atoms with Crippen LogP contribution >= 0.6 is 0 Å². The minimum Gasteiger partial charge on any atom is -0.310 e. The van der Waals surface area contributed by atoms with Crippen molar-refractivity contribution in [2.24, 2.45) is 0 Å². The van der Waals surface area contributed by atoms with Crippen LogP contribution in [0.25, 0.3) is 43.8 Å². The molecule has 0 aliphatic heterocycles. The van der Waals surface area contributed by atoms with Crippen molar-refractivity contribution in [2.75, 3.05) is 4.90 Å². The summed E-state index contributed by atoms with van der Waals surface area (Å²) in [6.07, 6.45) is 0. The fraction of sp³-hybridized carbons (Fsp3) is 0.137. The van der Waals surface area contributed by atoms with E-state index in [1.54, 1.807) is 0 Å². The fourth-order valence-electron chi connectivity index (χ4n) is 9.47. The van der Waals surface area contributed by atoms with Gasteiger partial charge in [-0.2, -0.15) is 0 Å². The minimum atomic E-state index is -1.49. The number of fused-ring (bicyclic) bond motifs is 14. The van der Waals surface area contributed by atoms with E-state index in [0.717, 1.165) is 0 Å². The van der Waals surface area contributed by atoms with Crippen LogP contribution in [0.2, 0.25) is 19.6 Å². The van der Waals surface area contributed by atoms with Gasteiger partial charge < -0.3 is 4.90 Å². The molecular weight excluding hydrogens is 655 g/mol. The molecule has 2 heteroatoms. The van der Waals surface area contributed by atoms with Gasteiger partial charge in [0.2, 0.25) is 0 Å². The second kappa shape index (κ2) is 11.7. The minimum absolute atomic E-state index is 0.463. The van der Waals surface area contributed by atoms with Gasteiger partial charge in [-0.25, -0.2) is 0 Å². The molecule has 8 aromatic rings. The summed E-state index contributed by atoms with van der Waals surface area (Å²) >= 11 is 0. The highest BCUT2D eigenvalue weighted by Crippen LogP contribution is 2.65. The van der Waals surface area contributed by atoms with Gasteiger partial charge in [-0.15, -0.1) is 0 Å². The first-order valence-electron chi connectivity index (χ1n) is 19.1. The van der Waals surface area contributed by atoms with E-state index >= 15 is 0 Å². The average molecular weight is 698 g/mol. The number of anilines is 3. The molecule has 0 aromatic heterocycles.